The van der Waals surface area contributed by atoms with Gasteiger partial charge in [-0.15, -0.1) is 0 Å². The minimum absolute atomic E-state index is 0.142. The van der Waals surface area contributed by atoms with Crippen molar-refractivity contribution in [3.05, 3.63) is 54.6 Å². The number of nitrogens with one attached hydrogen (secondary N) is 1. The van der Waals surface area contributed by atoms with E-state index in [1.54, 1.807) is 0 Å². The van der Waals surface area contributed by atoms with Gasteiger partial charge in [-0.05, 0) is 36.8 Å². The number of morpholine rings is 1. The summed E-state index contributed by atoms with van der Waals surface area (Å²) in [4.78, 5) is 16.9. The SMILES string of the molecule is O=C1[C@@H](Nc2cccc(N3CCOCC3)c2)CCN1c1ccccc1. The molecule has 2 aromatic carbocycles. The van der Waals surface area contributed by atoms with Crippen LogP contribution < -0.4 is 15.1 Å². The molecule has 1 atom stereocenters. The largest absolute Gasteiger partial charge is 0.378 e. The number of ether oxygens (including phenoxy) is 1. The van der Waals surface area contributed by atoms with Crippen molar-refractivity contribution in [3.8, 4) is 0 Å². The van der Waals surface area contributed by atoms with Gasteiger partial charge in [-0.1, -0.05) is 24.3 Å². The molecule has 5 heteroatoms. The van der Waals surface area contributed by atoms with Gasteiger partial charge < -0.3 is 19.9 Å². The highest BCUT2D eigenvalue weighted by Crippen LogP contribution is 2.25. The smallest absolute Gasteiger partial charge is 0.249 e. The van der Waals surface area contributed by atoms with Crippen molar-refractivity contribution < 1.29 is 9.53 Å². The number of hydrogen-bond donors (Lipinski definition) is 1. The average Bonchev–Trinajstić information content (AvgIpc) is 3.04. The molecule has 4 rings (SSSR count). The summed E-state index contributed by atoms with van der Waals surface area (Å²) in [6.07, 6.45) is 0.815. The number of rotatable bonds is 4. The molecular formula is C20H23N3O2. The highest BCUT2D eigenvalue weighted by atomic mass is 16.5. The summed E-state index contributed by atoms with van der Waals surface area (Å²) in [5.41, 5.74) is 3.15. The van der Waals surface area contributed by atoms with Crippen molar-refractivity contribution in [2.75, 3.05) is 48.0 Å². The Morgan fingerprint density at radius 3 is 2.48 bits per heavy atom. The van der Waals surface area contributed by atoms with Crippen LogP contribution in [0.25, 0.3) is 0 Å². The predicted molar refractivity (Wildman–Crippen MR) is 100 cm³/mol. The first kappa shape index (κ1) is 16.0. The van der Waals surface area contributed by atoms with E-state index in [0.717, 1.165) is 50.6 Å². The van der Waals surface area contributed by atoms with Crippen LogP contribution in [-0.4, -0.2) is 44.8 Å². The third-order valence-electron chi connectivity index (χ3n) is 4.84. The topological polar surface area (TPSA) is 44.8 Å². The molecule has 1 amide bonds. The Hall–Kier alpha value is -2.53. The molecule has 0 bridgehead atoms. The molecule has 0 unspecified atom stereocenters. The van der Waals surface area contributed by atoms with Gasteiger partial charge in [0.25, 0.3) is 0 Å². The third-order valence-corrected chi connectivity index (χ3v) is 4.84. The minimum Gasteiger partial charge on any atom is -0.378 e. The van der Waals surface area contributed by atoms with Gasteiger partial charge in [-0.25, -0.2) is 0 Å². The van der Waals surface area contributed by atoms with Crippen LogP contribution in [0.3, 0.4) is 0 Å². The van der Waals surface area contributed by atoms with Gasteiger partial charge >= 0.3 is 0 Å². The highest BCUT2D eigenvalue weighted by molar-refractivity contribution is 6.01. The highest BCUT2D eigenvalue weighted by Gasteiger charge is 2.32. The van der Waals surface area contributed by atoms with Gasteiger partial charge in [0.1, 0.15) is 6.04 Å². The second kappa shape index (κ2) is 7.15. The monoisotopic (exact) mass is 337 g/mol. The van der Waals surface area contributed by atoms with Gasteiger partial charge in [0, 0.05) is 36.7 Å². The van der Waals surface area contributed by atoms with E-state index >= 15 is 0 Å². The van der Waals surface area contributed by atoms with Crippen LogP contribution >= 0.6 is 0 Å². The molecule has 0 spiro atoms. The number of carbonyl (C=O) groups is 1. The molecule has 0 saturated carbocycles. The van der Waals surface area contributed by atoms with Crippen LogP contribution in [-0.2, 0) is 9.53 Å². The Balaban J connectivity index is 1.45. The van der Waals surface area contributed by atoms with Crippen LogP contribution in [0, 0.1) is 0 Å². The molecule has 2 aliphatic rings. The first-order chi connectivity index (χ1) is 12.3. The lowest BCUT2D eigenvalue weighted by Crippen LogP contribution is -2.36. The van der Waals surface area contributed by atoms with Crippen LogP contribution in [0.15, 0.2) is 54.6 Å². The molecule has 2 aliphatic heterocycles. The average molecular weight is 337 g/mol. The standard InChI is InChI=1S/C20H23N3O2/c24-20-19(9-10-23(20)17-6-2-1-3-7-17)21-16-5-4-8-18(15-16)22-11-13-25-14-12-22/h1-8,15,19,21H,9-14H2/t19-/m0/s1. The number of benzene rings is 2. The summed E-state index contributed by atoms with van der Waals surface area (Å²) in [7, 11) is 0. The molecule has 0 aromatic heterocycles. The summed E-state index contributed by atoms with van der Waals surface area (Å²) in [6, 6.07) is 18.0. The maximum absolute atomic E-state index is 12.7. The van der Waals surface area contributed by atoms with E-state index in [-0.39, 0.29) is 11.9 Å². The van der Waals surface area contributed by atoms with E-state index in [9.17, 15) is 4.79 Å². The molecule has 0 radical (unpaired) electrons. The van der Waals surface area contributed by atoms with Gasteiger partial charge in [-0.2, -0.15) is 0 Å². The van der Waals surface area contributed by atoms with Gasteiger partial charge in [-0.3, -0.25) is 4.79 Å². The van der Waals surface area contributed by atoms with Gasteiger partial charge in [0.2, 0.25) is 5.91 Å². The zero-order valence-electron chi connectivity index (χ0n) is 14.2. The molecule has 2 aromatic rings. The molecule has 2 saturated heterocycles. The number of para-hydroxylation sites is 1. The first-order valence-corrected chi connectivity index (χ1v) is 8.87. The molecule has 0 aliphatic carbocycles. The van der Waals surface area contributed by atoms with E-state index in [4.69, 9.17) is 4.74 Å². The van der Waals surface area contributed by atoms with Crippen LogP contribution in [0.5, 0.6) is 0 Å². The number of hydrogen-bond acceptors (Lipinski definition) is 4. The number of nitrogens with zero attached hydrogens (tertiary/aromatic N) is 2. The fourth-order valence-electron chi connectivity index (χ4n) is 3.49. The molecule has 2 fully saturated rings. The summed E-state index contributed by atoms with van der Waals surface area (Å²) in [6.45, 7) is 4.11. The third kappa shape index (κ3) is 3.46. The van der Waals surface area contributed by atoms with Crippen molar-refractivity contribution in [1.29, 1.82) is 0 Å². The summed E-state index contributed by atoms with van der Waals surface area (Å²) in [5.74, 6) is 0.142. The molecule has 130 valence electrons. The number of anilines is 3. The van der Waals surface area contributed by atoms with Crippen LogP contribution in [0.4, 0.5) is 17.1 Å². The van der Waals surface area contributed by atoms with Crippen LogP contribution in [0.2, 0.25) is 0 Å². The van der Waals surface area contributed by atoms with Crippen LogP contribution in [0.1, 0.15) is 6.42 Å². The zero-order valence-corrected chi connectivity index (χ0v) is 14.2. The second-order valence-corrected chi connectivity index (χ2v) is 6.46. The Bertz CT molecular complexity index is 729. The van der Waals surface area contributed by atoms with Crippen molar-refractivity contribution in [1.82, 2.24) is 0 Å². The van der Waals surface area contributed by atoms with Crippen molar-refractivity contribution in [3.63, 3.8) is 0 Å². The summed E-state index contributed by atoms with van der Waals surface area (Å²) in [5, 5.41) is 3.42. The molecule has 25 heavy (non-hydrogen) atoms. The molecule has 2 heterocycles. The number of carbonyl (C=O) groups excluding carboxylic acids is 1. The lowest BCUT2D eigenvalue weighted by molar-refractivity contribution is -0.117. The van der Waals surface area contributed by atoms with E-state index in [1.165, 1.54) is 5.69 Å². The molecule has 1 N–H and O–H groups in total. The quantitative estimate of drug-likeness (QED) is 0.932. The van der Waals surface area contributed by atoms with E-state index < -0.39 is 0 Å². The first-order valence-electron chi connectivity index (χ1n) is 8.87. The maximum Gasteiger partial charge on any atom is 0.249 e. The predicted octanol–water partition coefficient (Wildman–Crippen LogP) is 2.74. The second-order valence-electron chi connectivity index (χ2n) is 6.46. The maximum atomic E-state index is 12.7. The fourth-order valence-corrected chi connectivity index (χ4v) is 3.49. The number of amides is 1. The lowest BCUT2D eigenvalue weighted by atomic mass is 10.2. The zero-order chi connectivity index (χ0) is 17.1. The lowest BCUT2D eigenvalue weighted by Gasteiger charge is -2.29. The fraction of sp³-hybridized carbons (Fsp3) is 0.350. The Morgan fingerprint density at radius 1 is 0.920 bits per heavy atom. The van der Waals surface area contributed by atoms with E-state index in [0.29, 0.717) is 0 Å². The summed E-state index contributed by atoms with van der Waals surface area (Å²) >= 11 is 0. The molecule has 5 nitrogen and oxygen atoms in total. The summed E-state index contributed by atoms with van der Waals surface area (Å²) < 4.78 is 5.42. The van der Waals surface area contributed by atoms with Gasteiger partial charge in [0.15, 0.2) is 0 Å². The minimum atomic E-state index is -0.167. The normalized spacial score (nSPS) is 20.8. The van der Waals surface area contributed by atoms with Crippen molar-refractivity contribution >= 4 is 23.0 Å². The van der Waals surface area contributed by atoms with Gasteiger partial charge in [0.05, 0.1) is 13.2 Å². The Kier molecular flexibility index (Phi) is 4.57. The van der Waals surface area contributed by atoms with Crippen molar-refractivity contribution in [2.24, 2.45) is 0 Å². The Labute approximate surface area is 148 Å². The Morgan fingerprint density at radius 2 is 1.68 bits per heavy atom. The van der Waals surface area contributed by atoms with E-state index in [1.807, 2.05) is 47.4 Å². The van der Waals surface area contributed by atoms with Crippen molar-refractivity contribution in [2.45, 2.75) is 12.5 Å². The molecular weight excluding hydrogens is 314 g/mol. The van der Waals surface area contributed by atoms with E-state index in [2.05, 4.69) is 22.3 Å².